The minimum atomic E-state index is -0.178. The lowest BCUT2D eigenvalue weighted by atomic mass is 9.97. The molecule has 0 spiro atoms. The van der Waals surface area contributed by atoms with Gasteiger partial charge in [-0.25, -0.2) is 4.98 Å². The molecule has 0 fully saturated rings. The maximum absolute atomic E-state index is 12.6. The summed E-state index contributed by atoms with van der Waals surface area (Å²) in [5, 5.41) is 9.96. The fourth-order valence-electron chi connectivity index (χ4n) is 2.71. The Bertz CT molecular complexity index is 568. The van der Waals surface area contributed by atoms with Gasteiger partial charge in [0, 0.05) is 5.92 Å². The number of H-pyrrole nitrogens is 1. The lowest BCUT2D eigenvalue weighted by Crippen LogP contribution is -2.35. The molecule has 1 amide bonds. The molecule has 2 aromatic rings. The predicted octanol–water partition coefficient (Wildman–Crippen LogP) is 3.42. The Kier molecular flexibility index (Phi) is 6.78. The molecular weight excluding hydrogens is 288 g/mol. The lowest BCUT2D eigenvalue weighted by molar-refractivity contribution is -0.126. The number of carbonyl (C=O) groups is 1. The zero-order valence-corrected chi connectivity index (χ0v) is 14.0. The molecule has 1 aromatic heterocycles. The first-order chi connectivity index (χ1) is 11.2. The first kappa shape index (κ1) is 17.2. The van der Waals surface area contributed by atoms with Crippen LogP contribution in [0, 0.1) is 5.92 Å². The van der Waals surface area contributed by atoms with Gasteiger partial charge in [0.05, 0.1) is 6.04 Å². The molecule has 1 heterocycles. The molecule has 0 aliphatic heterocycles. The summed E-state index contributed by atoms with van der Waals surface area (Å²) in [6.45, 7) is 4.22. The summed E-state index contributed by atoms with van der Waals surface area (Å²) in [4.78, 5) is 16.8. The molecule has 0 saturated carbocycles. The fourth-order valence-corrected chi connectivity index (χ4v) is 2.71. The van der Waals surface area contributed by atoms with E-state index >= 15 is 0 Å². The number of nitrogens with zero attached hydrogens (tertiary/aromatic N) is 2. The summed E-state index contributed by atoms with van der Waals surface area (Å²) >= 11 is 0. The standard InChI is InChI=1S/C18H26N4O/c1-3-5-11-15(4-2)18(23)21-16(17-19-13-20-22-17)12-14-9-7-6-8-10-14/h6-10,13,15-16H,3-5,11-12H2,1-2H3,(H,21,23)(H,19,20,22)/t15?,16-/m1/s1. The van der Waals surface area contributed by atoms with Gasteiger partial charge in [-0.05, 0) is 24.8 Å². The highest BCUT2D eigenvalue weighted by atomic mass is 16.1. The number of aromatic amines is 1. The highest BCUT2D eigenvalue weighted by Gasteiger charge is 2.22. The van der Waals surface area contributed by atoms with Crippen molar-refractivity contribution < 1.29 is 4.79 Å². The zero-order chi connectivity index (χ0) is 16.5. The van der Waals surface area contributed by atoms with E-state index < -0.39 is 0 Å². The zero-order valence-electron chi connectivity index (χ0n) is 14.0. The molecule has 1 aromatic carbocycles. The first-order valence-corrected chi connectivity index (χ1v) is 8.44. The van der Waals surface area contributed by atoms with Gasteiger partial charge in [-0.15, -0.1) is 0 Å². The molecule has 2 rings (SSSR count). The number of unbranched alkanes of at least 4 members (excludes halogenated alkanes) is 1. The van der Waals surface area contributed by atoms with Crippen molar-refractivity contribution in [2.75, 3.05) is 0 Å². The lowest BCUT2D eigenvalue weighted by Gasteiger charge is -2.21. The number of hydrogen-bond acceptors (Lipinski definition) is 3. The second-order valence-corrected chi connectivity index (χ2v) is 5.87. The van der Waals surface area contributed by atoms with E-state index in [1.165, 1.54) is 6.33 Å². The van der Waals surface area contributed by atoms with E-state index in [-0.39, 0.29) is 17.9 Å². The maximum Gasteiger partial charge on any atom is 0.223 e. The van der Waals surface area contributed by atoms with Crippen LogP contribution >= 0.6 is 0 Å². The van der Waals surface area contributed by atoms with Crippen molar-refractivity contribution in [3.05, 3.63) is 48.0 Å². The molecular formula is C18H26N4O. The van der Waals surface area contributed by atoms with Gasteiger partial charge >= 0.3 is 0 Å². The second kappa shape index (κ2) is 9.08. The Labute approximate surface area is 137 Å². The number of hydrogen-bond donors (Lipinski definition) is 2. The van der Waals surface area contributed by atoms with E-state index in [2.05, 4.69) is 46.5 Å². The molecule has 0 aliphatic carbocycles. The third-order valence-electron chi connectivity index (χ3n) is 4.13. The van der Waals surface area contributed by atoms with Crippen LogP contribution in [0.25, 0.3) is 0 Å². The van der Waals surface area contributed by atoms with Crippen LogP contribution in [0.5, 0.6) is 0 Å². The molecule has 1 unspecified atom stereocenters. The molecule has 2 atom stereocenters. The summed E-state index contributed by atoms with van der Waals surface area (Å²) in [5.41, 5.74) is 1.16. The smallest absolute Gasteiger partial charge is 0.223 e. The molecule has 5 nitrogen and oxygen atoms in total. The molecule has 124 valence electrons. The fraction of sp³-hybridized carbons (Fsp3) is 0.500. The summed E-state index contributed by atoms with van der Waals surface area (Å²) in [6.07, 6.45) is 6.17. The van der Waals surface area contributed by atoms with Gasteiger partial charge in [-0.2, -0.15) is 5.10 Å². The van der Waals surface area contributed by atoms with Crippen molar-refractivity contribution >= 4 is 5.91 Å². The SMILES string of the molecule is CCCCC(CC)C(=O)N[C@H](Cc1ccccc1)c1ncn[nH]1. The molecule has 23 heavy (non-hydrogen) atoms. The van der Waals surface area contributed by atoms with Gasteiger partial charge in [0.2, 0.25) is 5.91 Å². The Hall–Kier alpha value is -2.17. The van der Waals surface area contributed by atoms with Crippen LogP contribution in [0.15, 0.2) is 36.7 Å². The Balaban J connectivity index is 2.07. The minimum absolute atomic E-state index is 0.0659. The number of rotatable bonds is 9. The third kappa shape index (κ3) is 5.20. The van der Waals surface area contributed by atoms with Crippen molar-refractivity contribution in [3.63, 3.8) is 0 Å². The molecule has 2 N–H and O–H groups in total. The van der Waals surface area contributed by atoms with Crippen LogP contribution in [0.2, 0.25) is 0 Å². The molecule has 0 aliphatic rings. The summed E-state index contributed by atoms with van der Waals surface area (Å²) in [7, 11) is 0. The Morgan fingerprint density at radius 2 is 2.04 bits per heavy atom. The largest absolute Gasteiger partial charge is 0.346 e. The summed E-state index contributed by atoms with van der Waals surface area (Å²) < 4.78 is 0. The van der Waals surface area contributed by atoms with E-state index in [1.54, 1.807) is 0 Å². The average molecular weight is 314 g/mol. The van der Waals surface area contributed by atoms with Gasteiger partial charge in [0.15, 0.2) is 0 Å². The van der Waals surface area contributed by atoms with Crippen molar-refractivity contribution in [3.8, 4) is 0 Å². The molecule has 0 radical (unpaired) electrons. The van der Waals surface area contributed by atoms with Crippen LogP contribution in [0.4, 0.5) is 0 Å². The minimum Gasteiger partial charge on any atom is -0.346 e. The average Bonchev–Trinajstić information content (AvgIpc) is 3.10. The second-order valence-electron chi connectivity index (χ2n) is 5.87. The van der Waals surface area contributed by atoms with Gasteiger partial charge in [0.25, 0.3) is 0 Å². The van der Waals surface area contributed by atoms with E-state index in [9.17, 15) is 4.79 Å². The van der Waals surface area contributed by atoms with Gasteiger partial charge in [-0.3, -0.25) is 9.89 Å². The number of nitrogens with one attached hydrogen (secondary N) is 2. The summed E-state index contributed by atoms with van der Waals surface area (Å²) in [5.74, 6) is 0.877. The Morgan fingerprint density at radius 1 is 1.26 bits per heavy atom. The quantitative estimate of drug-likeness (QED) is 0.745. The van der Waals surface area contributed by atoms with Crippen LogP contribution < -0.4 is 5.32 Å². The van der Waals surface area contributed by atoms with Crippen molar-refractivity contribution in [1.29, 1.82) is 0 Å². The highest BCUT2D eigenvalue weighted by molar-refractivity contribution is 5.79. The number of aromatic nitrogens is 3. The number of carbonyl (C=O) groups excluding carboxylic acids is 1. The number of benzene rings is 1. The van der Waals surface area contributed by atoms with Crippen molar-refractivity contribution in [2.45, 2.75) is 52.0 Å². The van der Waals surface area contributed by atoms with Gasteiger partial charge in [0.1, 0.15) is 12.2 Å². The topological polar surface area (TPSA) is 70.7 Å². The van der Waals surface area contributed by atoms with Gasteiger partial charge in [-0.1, -0.05) is 57.0 Å². The van der Waals surface area contributed by atoms with Crippen molar-refractivity contribution in [1.82, 2.24) is 20.5 Å². The first-order valence-electron chi connectivity index (χ1n) is 8.44. The van der Waals surface area contributed by atoms with Gasteiger partial charge < -0.3 is 5.32 Å². The molecule has 0 saturated heterocycles. The Morgan fingerprint density at radius 3 is 2.65 bits per heavy atom. The van der Waals surface area contributed by atoms with Crippen LogP contribution in [-0.2, 0) is 11.2 Å². The van der Waals surface area contributed by atoms with E-state index in [1.807, 2.05) is 18.2 Å². The van der Waals surface area contributed by atoms with E-state index in [4.69, 9.17) is 0 Å². The van der Waals surface area contributed by atoms with E-state index in [0.717, 1.165) is 31.2 Å². The van der Waals surface area contributed by atoms with Crippen molar-refractivity contribution in [2.24, 2.45) is 5.92 Å². The molecule has 5 heteroatoms. The van der Waals surface area contributed by atoms with Crippen LogP contribution in [0.1, 0.15) is 57.0 Å². The maximum atomic E-state index is 12.6. The van der Waals surface area contributed by atoms with E-state index in [0.29, 0.717) is 12.2 Å². The predicted molar refractivity (Wildman–Crippen MR) is 90.7 cm³/mol. The highest BCUT2D eigenvalue weighted by Crippen LogP contribution is 2.18. The normalized spacial score (nSPS) is 13.5. The number of amides is 1. The van der Waals surface area contributed by atoms with Crippen LogP contribution in [0.3, 0.4) is 0 Å². The molecule has 0 bridgehead atoms. The summed E-state index contributed by atoms with van der Waals surface area (Å²) in [6, 6.07) is 9.94. The van der Waals surface area contributed by atoms with Crippen LogP contribution in [-0.4, -0.2) is 21.1 Å². The third-order valence-corrected chi connectivity index (χ3v) is 4.13. The monoisotopic (exact) mass is 314 g/mol.